The molecule has 2 atom stereocenters. The Morgan fingerprint density at radius 3 is 2.97 bits per heavy atom. The zero-order chi connectivity index (χ0) is 22.4. The molecule has 2 unspecified atom stereocenters. The second-order valence-electron chi connectivity index (χ2n) is 9.72. The topological polar surface area (TPSA) is 105 Å². The van der Waals surface area contributed by atoms with E-state index in [-0.39, 0.29) is 5.54 Å². The Morgan fingerprint density at radius 2 is 2.09 bits per heavy atom. The molecule has 7 nitrogen and oxygen atoms in total. The average molecular weight is 440 g/mol. The summed E-state index contributed by atoms with van der Waals surface area (Å²) in [5, 5.41) is 8.66. The van der Waals surface area contributed by atoms with Crippen LogP contribution in [0.1, 0.15) is 49.4 Å². The van der Waals surface area contributed by atoms with Crippen LogP contribution in [0.4, 0.5) is 11.6 Å². The Morgan fingerprint density at radius 1 is 1.15 bits per heavy atom. The third kappa shape index (κ3) is 3.82. The van der Waals surface area contributed by atoms with Crippen molar-refractivity contribution in [3.63, 3.8) is 0 Å². The fourth-order valence-corrected chi connectivity index (χ4v) is 5.44. The highest BCUT2D eigenvalue weighted by molar-refractivity contribution is 5.99. The van der Waals surface area contributed by atoms with E-state index >= 15 is 0 Å². The van der Waals surface area contributed by atoms with Gasteiger partial charge in [0.05, 0.1) is 23.3 Å². The molecule has 0 saturated heterocycles. The highest BCUT2D eigenvalue weighted by Crippen LogP contribution is 2.38. The minimum Gasteiger partial charge on any atom is -0.397 e. The van der Waals surface area contributed by atoms with Gasteiger partial charge in [-0.25, -0.2) is 9.97 Å². The monoisotopic (exact) mass is 439 g/mol. The Labute approximate surface area is 193 Å². The van der Waals surface area contributed by atoms with Gasteiger partial charge in [0, 0.05) is 59.0 Å². The zero-order valence-corrected chi connectivity index (χ0v) is 18.9. The molecule has 3 heterocycles. The van der Waals surface area contributed by atoms with Crippen LogP contribution in [-0.4, -0.2) is 31.5 Å². The van der Waals surface area contributed by atoms with Crippen molar-refractivity contribution in [2.45, 2.75) is 57.2 Å². The number of anilines is 2. The van der Waals surface area contributed by atoms with Crippen molar-refractivity contribution in [3.05, 3.63) is 65.7 Å². The van der Waals surface area contributed by atoms with Gasteiger partial charge >= 0.3 is 0 Å². The lowest BCUT2D eigenvalue weighted by atomic mass is 9.80. The molecule has 4 aromatic rings. The van der Waals surface area contributed by atoms with Crippen molar-refractivity contribution in [3.8, 4) is 11.3 Å². The van der Waals surface area contributed by atoms with Crippen LogP contribution >= 0.6 is 0 Å². The first-order chi connectivity index (χ1) is 16.1. The first-order valence-electron chi connectivity index (χ1n) is 11.7. The van der Waals surface area contributed by atoms with Gasteiger partial charge in [0.1, 0.15) is 0 Å². The SMILES string of the molecule is CC1(NCc2ccc(N)cn2)CCCC(Nc2ncc3c(n2)-c2c[nH]c4cccc(c24)C3)C1. The molecule has 0 aliphatic heterocycles. The number of benzene rings is 1. The molecule has 33 heavy (non-hydrogen) atoms. The molecule has 6 rings (SSSR count). The van der Waals surface area contributed by atoms with E-state index in [1.54, 1.807) is 6.20 Å². The van der Waals surface area contributed by atoms with Gasteiger partial charge in [0.25, 0.3) is 0 Å². The summed E-state index contributed by atoms with van der Waals surface area (Å²) < 4.78 is 0. The maximum absolute atomic E-state index is 5.76. The molecule has 0 bridgehead atoms. The highest BCUT2D eigenvalue weighted by Gasteiger charge is 2.32. The van der Waals surface area contributed by atoms with Crippen molar-refractivity contribution >= 4 is 22.5 Å². The van der Waals surface area contributed by atoms with Crippen LogP contribution < -0.4 is 16.4 Å². The van der Waals surface area contributed by atoms with Gasteiger partial charge in [-0.05, 0) is 56.4 Å². The van der Waals surface area contributed by atoms with Gasteiger partial charge in [0.15, 0.2) is 0 Å². The van der Waals surface area contributed by atoms with E-state index in [9.17, 15) is 0 Å². The maximum Gasteiger partial charge on any atom is 0.223 e. The number of pyridine rings is 1. The van der Waals surface area contributed by atoms with Gasteiger partial charge in [-0.3, -0.25) is 4.98 Å². The molecule has 2 aliphatic rings. The second-order valence-corrected chi connectivity index (χ2v) is 9.72. The molecule has 1 saturated carbocycles. The third-order valence-electron chi connectivity index (χ3n) is 7.15. The van der Waals surface area contributed by atoms with Gasteiger partial charge in [-0.15, -0.1) is 0 Å². The number of nitrogens with one attached hydrogen (secondary N) is 3. The molecule has 0 radical (unpaired) electrons. The van der Waals surface area contributed by atoms with E-state index in [0.29, 0.717) is 11.7 Å². The molecule has 1 aromatic carbocycles. The lowest BCUT2D eigenvalue weighted by Gasteiger charge is -2.39. The summed E-state index contributed by atoms with van der Waals surface area (Å²) in [7, 11) is 0. The highest BCUT2D eigenvalue weighted by atomic mass is 15.1. The smallest absolute Gasteiger partial charge is 0.223 e. The number of hydrogen-bond donors (Lipinski definition) is 4. The second kappa shape index (κ2) is 7.85. The normalized spacial score (nSPS) is 21.7. The van der Waals surface area contributed by atoms with Crippen molar-refractivity contribution in [2.24, 2.45) is 0 Å². The molecule has 0 spiro atoms. The molecule has 1 fully saturated rings. The summed E-state index contributed by atoms with van der Waals surface area (Å²) in [4.78, 5) is 17.5. The van der Waals surface area contributed by atoms with Crippen LogP contribution in [0.3, 0.4) is 0 Å². The summed E-state index contributed by atoms with van der Waals surface area (Å²) >= 11 is 0. The van der Waals surface area contributed by atoms with E-state index in [4.69, 9.17) is 10.7 Å². The van der Waals surface area contributed by atoms with E-state index in [2.05, 4.69) is 56.9 Å². The molecule has 7 heteroatoms. The van der Waals surface area contributed by atoms with E-state index in [0.717, 1.165) is 56.0 Å². The van der Waals surface area contributed by atoms with Crippen LogP contribution in [0.2, 0.25) is 0 Å². The minimum atomic E-state index is 0.0406. The number of nitrogens with zero attached hydrogens (tertiary/aromatic N) is 3. The predicted octanol–water partition coefficient (Wildman–Crippen LogP) is 4.41. The van der Waals surface area contributed by atoms with Crippen LogP contribution in [0.25, 0.3) is 22.2 Å². The number of nitrogens with two attached hydrogens (primary N) is 1. The summed E-state index contributed by atoms with van der Waals surface area (Å²) in [6, 6.07) is 10.7. The Balaban J connectivity index is 1.18. The third-order valence-corrected chi connectivity index (χ3v) is 7.15. The van der Waals surface area contributed by atoms with Crippen LogP contribution in [0, 0.1) is 0 Å². The first-order valence-corrected chi connectivity index (χ1v) is 11.7. The van der Waals surface area contributed by atoms with Crippen LogP contribution in [0.15, 0.2) is 48.9 Å². The Bertz CT molecular complexity index is 1310. The molecule has 2 aliphatic carbocycles. The number of rotatable bonds is 5. The fourth-order valence-electron chi connectivity index (χ4n) is 5.44. The first kappa shape index (κ1) is 20.2. The van der Waals surface area contributed by atoms with Crippen LogP contribution in [0.5, 0.6) is 0 Å². The number of fused-ring (bicyclic) bond motifs is 2. The lowest BCUT2D eigenvalue weighted by Crippen LogP contribution is -2.48. The van der Waals surface area contributed by atoms with E-state index in [1.807, 2.05) is 18.3 Å². The minimum absolute atomic E-state index is 0.0406. The molecule has 0 amide bonds. The van der Waals surface area contributed by atoms with E-state index in [1.165, 1.54) is 27.6 Å². The van der Waals surface area contributed by atoms with Crippen LogP contribution in [-0.2, 0) is 13.0 Å². The molecule has 3 aromatic heterocycles. The summed E-state index contributed by atoms with van der Waals surface area (Å²) in [5.74, 6) is 0.719. The number of H-pyrrole nitrogens is 1. The van der Waals surface area contributed by atoms with Crippen molar-refractivity contribution < 1.29 is 0 Å². The van der Waals surface area contributed by atoms with E-state index < -0.39 is 0 Å². The molecule has 5 N–H and O–H groups in total. The quantitative estimate of drug-likeness (QED) is 0.323. The number of hydrogen-bond acceptors (Lipinski definition) is 6. The Hall–Kier alpha value is -3.45. The Kier molecular flexibility index (Phi) is 4.80. The molecule has 168 valence electrons. The molecular weight excluding hydrogens is 410 g/mol. The number of aromatic nitrogens is 4. The van der Waals surface area contributed by atoms with Crippen molar-refractivity contribution in [1.29, 1.82) is 0 Å². The standard InChI is InChI=1S/C26H29N7/c1-26(31-14-20-8-7-18(27)13-28-20)9-3-5-19(11-26)32-25-30-12-17-10-16-4-2-6-22-23(16)21(15-29-22)24(17)33-25/h2,4,6-8,12-13,15,19,29,31H,3,5,9-11,14,27H2,1H3,(H,30,32,33). The van der Waals surface area contributed by atoms with Crippen molar-refractivity contribution in [2.75, 3.05) is 11.1 Å². The summed E-state index contributed by atoms with van der Waals surface area (Å²) in [6.07, 6.45) is 11.1. The largest absolute Gasteiger partial charge is 0.397 e. The fraction of sp³-hybridized carbons (Fsp3) is 0.346. The summed E-state index contributed by atoms with van der Waals surface area (Å²) in [6.45, 7) is 3.04. The van der Waals surface area contributed by atoms with Gasteiger partial charge < -0.3 is 21.4 Å². The lowest BCUT2D eigenvalue weighted by molar-refractivity contribution is 0.238. The molecular formula is C26H29N7. The predicted molar refractivity (Wildman–Crippen MR) is 132 cm³/mol. The maximum atomic E-state index is 5.76. The summed E-state index contributed by atoms with van der Waals surface area (Å²) in [5.41, 5.74) is 13.4. The van der Waals surface area contributed by atoms with Gasteiger partial charge in [0.2, 0.25) is 5.95 Å². The number of aromatic amines is 1. The number of nitrogen functional groups attached to an aromatic ring is 1. The van der Waals surface area contributed by atoms with Gasteiger partial charge in [-0.2, -0.15) is 0 Å². The average Bonchev–Trinajstić information content (AvgIpc) is 3.25. The van der Waals surface area contributed by atoms with Gasteiger partial charge in [-0.1, -0.05) is 12.1 Å². The van der Waals surface area contributed by atoms with Crippen molar-refractivity contribution in [1.82, 2.24) is 25.3 Å². The zero-order valence-electron chi connectivity index (χ0n) is 18.9.